The molecule has 5 saturated carbocycles. The number of hydrogen-bond acceptors (Lipinski definition) is 3. The predicted molar refractivity (Wildman–Crippen MR) is 152 cm³/mol. The molecule has 8 rings (SSSR count). The summed E-state index contributed by atoms with van der Waals surface area (Å²) in [5, 5.41) is 0. The number of fused-ring (bicyclic) bond motifs is 2. The van der Waals surface area contributed by atoms with Crippen LogP contribution in [0.4, 0.5) is 0 Å². The second kappa shape index (κ2) is 9.57. The molecule has 0 aliphatic heterocycles. The molecule has 9 unspecified atom stereocenters. The Balaban J connectivity index is 1.20. The largest absolute Gasteiger partial charge is 0.213 e. The average molecular weight is 504 g/mol. The van der Waals surface area contributed by atoms with Crippen LogP contribution in [-0.4, -0.2) is 15.0 Å². The van der Waals surface area contributed by atoms with Crippen molar-refractivity contribution in [2.75, 3.05) is 0 Å². The fourth-order valence-electron chi connectivity index (χ4n) is 10.6. The number of nitrogens with zero attached hydrogens (tertiary/aromatic N) is 3. The van der Waals surface area contributed by atoms with Crippen LogP contribution in [0.1, 0.15) is 82.4 Å². The van der Waals surface area contributed by atoms with E-state index in [4.69, 9.17) is 15.0 Å². The van der Waals surface area contributed by atoms with Crippen LogP contribution < -0.4 is 0 Å². The van der Waals surface area contributed by atoms with Crippen molar-refractivity contribution < 1.29 is 0 Å². The number of rotatable bonds is 3. The zero-order valence-corrected chi connectivity index (χ0v) is 22.6. The molecule has 3 aromatic rings. The molecule has 5 aliphatic rings. The highest BCUT2D eigenvalue weighted by Gasteiger charge is 2.58. The quantitative estimate of drug-likeness (QED) is 0.359. The number of benzene rings is 2. The van der Waals surface area contributed by atoms with Gasteiger partial charge < -0.3 is 0 Å². The molecular formula is C35H41N3. The van der Waals surface area contributed by atoms with E-state index in [1.165, 1.54) is 70.6 Å². The van der Waals surface area contributed by atoms with E-state index in [0.29, 0.717) is 5.92 Å². The summed E-state index contributed by atoms with van der Waals surface area (Å²) in [6, 6.07) is 21.1. The van der Waals surface area contributed by atoms with Gasteiger partial charge in [0.1, 0.15) is 5.82 Å². The maximum Gasteiger partial charge on any atom is 0.163 e. The Morgan fingerprint density at radius 1 is 0.447 bits per heavy atom. The maximum absolute atomic E-state index is 5.26. The van der Waals surface area contributed by atoms with Crippen molar-refractivity contribution >= 4 is 0 Å². The Hall–Kier alpha value is -2.55. The Morgan fingerprint density at radius 2 is 0.947 bits per heavy atom. The molecule has 5 fully saturated rings. The molecule has 1 aromatic heterocycles. The average Bonchev–Trinajstić information content (AvgIpc) is 3.00. The van der Waals surface area contributed by atoms with Crippen molar-refractivity contribution in [2.45, 2.75) is 76.5 Å². The summed E-state index contributed by atoms with van der Waals surface area (Å²) in [6.07, 6.45) is 16.0. The van der Waals surface area contributed by atoms with Gasteiger partial charge in [-0.3, -0.25) is 0 Å². The smallest absolute Gasteiger partial charge is 0.163 e. The van der Waals surface area contributed by atoms with Crippen molar-refractivity contribution in [1.82, 2.24) is 15.0 Å². The van der Waals surface area contributed by atoms with Crippen LogP contribution in [0, 0.1) is 47.3 Å². The minimum atomic E-state index is 0.478. The summed E-state index contributed by atoms with van der Waals surface area (Å²) in [6.45, 7) is 0. The lowest BCUT2D eigenvalue weighted by atomic mass is 9.41. The van der Waals surface area contributed by atoms with Crippen molar-refractivity contribution in [3.8, 4) is 22.8 Å². The van der Waals surface area contributed by atoms with Gasteiger partial charge in [-0.1, -0.05) is 92.8 Å². The van der Waals surface area contributed by atoms with E-state index >= 15 is 0 Å². The first-order chi connectivity index (χ1) is 18.8. The van der Waals surface area contributed by atoms with Crippen LogP contribution in [0.15, 0.2) is 60.7 Å². The molecule has 0 radical (unpaired) electrons. The van der Waals surface area contributed by atoms with E-state index in [1.54, 1.807) is 0 Å². The zero-order valence-electron chi connectivity index (χ0n) is 22.6. The summed E-state index contributed by atoms with van der Waals surface area (Å²) >= 11 is 0. The molecule has 0 bridgehead atoms. The third-order valence-electron chi connectivity index (χ3n) is 11.8. The van der Waals surface area contributed by atoms with E-state index in [9.17, 15) is 0 Å². The fraction of sp³-hybridized carbons (Fsp3) is 0.571. The van der Waals surface area contributed by atoms with Crippen LogP contribution in [0.2, 0.25) is 0 Å². The molecule has 3 heteroatoms. The third kappa shape index (κ3) is 3.79. The molecule has 2 aromatic carbocycles. The van der Waals surface area contributed by atoms with Crippen LogP contribution in [0.25, 0.3) is 22.8 Å². The molecule has 3 nitrogen and oxygen atoms in total. The molecule has 196 valence electrons. The Kier molecular flexibility index (Phi) is 5.88. The van der Waals surface area contributed by atoms with Crippen molar-refractivity contribution in [2.24, 2.45) is 47.3 Å². The van der Waals surface area contributed by atoms with E-state index in [1.807, 2.05) is 0 Å². The molecule has 0 amide bonds. The summed E-state index contributed by atoms with van der Waals surface area (Å²) in [5.74, 6) is 11.0. The first-order valence-electron chi connectivity index (χ1n) is 15.7. The molecule has 0 saturated heterocycles. The highest BCUT2D eigenvalue weighted by atomic mass is 15.0. The van der Waals surface area contributed by atoms with Gasteiger partial charge in [0, 0.05) is 17.0 Å². The minimum Gasteiger partial charge on any atom is -0.213 e. The summed E-state index contributed by atoms with van der Waals surface area (Å²) in [7, 11) is 0. The van der Waals surface area contributed by atoms with Gasteiger partial charge in [-0.05, 0) is 85.9 Å². The van der Waals surface area contributed by atoms with Gasteiger partial charge in [-0.15, -0.1) is 0 Å². The van der Waals surface area contributed by atoms with Crippen molar-refractivity contribution in [3.05, 3.63) is 66.5 Å². The lowest BCUT2D eigenvalue weighted by molar-refractivity contribution is -0.142. The Bertz CT molecular complexity index is 1200. The maximum atomic E-state index is 5.26. The topological polar surface area (TPSA) is 38.7 Å². The fourth-order valence-corrected chi connectivity index (χ4v) is 10.6. The third-order valence-corrected chi connectivity index (χ3v) is 11.8. The van der Waals surface area contributed by atoms with Gasteiger partial charge >= 0.3 is 0 Å². The monoisotopic (exact) mass is 503 g/mol. The van der Waals surface area contributed by atoms with Crippen molar-refractivity contribution in [1.29, 1.82) is 0 Å². The van der Waals surface area contributed by atoms with Crippen LogP contribution in [0.5, 0.6) is 0 Å². The normalized spacial score (nSPS) is 37.6. The van der Waals surface area contributed by atoms with E-state index in [-0.39, 0.29) is 0 Å². The van der Waals surface area contributed by atoms with E-state index in [0.717, 1.165) is 75.9 Å². The first kappa shape index (κ1) is 23.3. The first-order valence-corrected chi connectivity index (χ1v) is 15.7. The highest BCUT2D eigenvalue weighted by Crippen LogP contribution is 2.66. The van der Waals surface area contributed by atoms with Gasteiger partial charge in [0.25, 0.3) is 0 Å². The lowest BCUT2D eigenvalue weighted by Gasteiger charge is -2.63. The zero-order chi connectivity index (χ0) is 25.1. The number of hydrogen-bond donors (Lipinski definition) is 0. The Morgan fingerprint density at radius 3 is 1.55 bits per heavy atom. The van der Waals surface area contributed by atoms with Crippen LogP contribution in [-0.2, 0) is 0 Å². The molecule has 0 spiro atoms. The van der Waals surface area contributed by atoms with E-state index in [2.05, 4.69) is 60.7 Å². The van der Waals surface area contributed by atoms with Gasteiger partial charge in [0.15, 0.2) is 11.6 Å². The van der Waals surface area contributed by atoms with Gasteiger partial charge in [0.05, 0.1) is 0 Å². The minimum absolute atomic E-state index is 0.478. The van der Waals surface area contributed by atoms with Crippen LogP contribution in [0.3, 0.4) is 0 Å². The molecule has 1 heterocycles. The Labute approximate surface area is 227 Å². The molecule has 9 atom stereocenters. The second-order valence-electron chi connectivity index (χ2n) is 13.3. The molecular weight excluding hydrogens is 462 g/mol. The van der Waals surface area contributed by atoms with Gasteiger partial charge in [-0.2, -0.15) is 0 Å². The standard InChI is InChI=1S/C35H41N3/c1-3-10-23(11-4-1)33-36-34(24-12-5-2-6-13-24)38-35(37-33)30-21-20-29-26-17-8-15-22-14-7-16-25(31(22)26)27-18-9-19-28(30)32(27)29/h1-6,10-13,22,25-32H,7-9,14-21H2. The summed E-state index contributed by atoms with van der Waals surface area (Å²) in [4.78, 5) is 15.5. The van der Waals surface area contributed by atoms with Crippen molar-refractivity contribution in [3.63, 3.8) is 0 Å². The SMILES string of the molecule is c1ccc(-c2nc(-c3ccccc3)nc(C3CCC4C5CCCC6CCCC(C7CCCC3C74)C65)n2)cc1. The van der Waals surface area contributed by atoms with Gasteiger partial charge in [-0.25, -0.2) is 15.0 Å². The lowest BCUT2D eigenvalue weighted by Crippen LogP contribution is -2.57. The molecule has 38 heavy (non-hydrogen) atoms. The molecule has 0 N–H and O–H groups in total. The van der Waals surface area contributed by atoms with Crippen LogP contribution >= 0.6 is 0 Å². The summed E-state index contributed by atoms with van der Waals surface area (Å²) < 4.78 is 0. The summed E-state index contributed by atoms with van der Waals surface area (Å²) in [5.41, 5.74) is 2.19. The highest BCUT2D eigenvalue weighted by molar-refractivity contribution is 5.60. The van der Waals surface area contributed by atoms with E-state index < -0.39 is 0 Å². The van der Waals surface area contributed by atoms with Gasteiger partial charge in [0.2, 0.25) is 0 Å². The predicted octanol–water partition coefficient (Wildman–Crippen LogP) is 8.58. The molecule has 5 aliphatic carbocycles. The second-order valence-corrected chi connectivity index (χ2v) is 13.3. The number of aromatic nitrogens is 3.